The summed E-state index contributed by atoms with van der Waals surface area (Å²) in [5.74, 6) is -0.435. The number of rotatable bonds is 18. The van der Waals surface area contributed by atoms with Gasteiger partial charge in [0.05, 0.1) is 40.8 Å². The first-order chi connectivity index (χ1) is 15.4. The molecule has 11 heteroatoms. The molecule has 0 aromatic heterocycles. The van der Waals surface area contributed by atoms with Crippen molar-refractivity contribution in [1.82, 2.24) is 0 Å². The van der Waals surface area contributed by atoms with E-state index < -0.39 is 32.5 Å². The Morgan fingerprint density at radius 3 is 2.03 bits per heavy atom. The number of phosphoric ester groups is 1. The molecule has 33 heavy (non-hydrogen) atoms. The van der Waals surface area contributed by atoms with E-state index in [-0.39, 0.29) is 11.1 Å². The van der Waals surface area contributed by atoms with Crippen LogP contribution in [0.2, 0.25) is 5.02 Å². The maximum absolute atomic E-state index is 12.2. The molecule has 0 radical (unpaired) electrons. The Morgan fingerprint density at radius 2 is 1.52 bits per heavy atom. The number of halogens is 1. The molecule has 0 saturated heterocycles. The summed E-state index contributed by atoms with van der Waals surface area (Å²) in [5.41, 5.74) is 0. The molecule has 0 spiro atoms. The SMILES string of the molecule is C[N+](C)(C)C(O)[C@@H](CC(=O)O)OP(=O)(O)OCCCCCCCCCOc1ccc(Cl)cc1. The zero-order valence-corrected chi connectivity index (χ0v) is 21.3. The summed E-state index contributed by atoms with van der Waals surface area (Å²) in [6.07, 6.45) is 3.24. The number of quaternary nitrogens is 1. The van der Waals surface area contributed by atoms with Crippen molar-refractivity contribution in [3.05, 3.63) is 29.3 Å². The minimum atomic E-state index is -4.49. The van der Waals surface area contributed by atoms with E-state index >= 15 is 0 Å². The summed E-state index contributed by atoms with van der Waals surface area (Å²) in [7, 11) is 0.386. The van der Waals surface area contributed by atoms with Crippen molar-refractivity contribution < 1.29 is 42.7 Å². The Morgan fingerprint density at radius 1 is 1.00 bits per heavy atom. The molecule has 0 saturated carbocycles. The van der Waals surface area contributed by atoms with E-state index in [1.807, 2.05) is 12.1 Å². The fraction of sp³-hybridized carbons (Fsp3) is 0.682. The molecule has 1 aromatic carbocycles. The molecular weight excluding hydrogens is 473 g/mol. The van der Waals surface area contributed by atoms with Crippen molar-refractivity contribution in [2.24, 2.45) is 0 Å². The van der Waals surface area contributed by atoms with Crippen LogP contribution in [-0.4, -0.2) is 72.2 Å². The molecule has 1 aromatic rings. The summed E-state index contributed by atoms with van der Waals surface area (Å²) in [6.45, 7) is 0.676. The molecule has 0 fully saturated rings. The molecule has 3 atom stereocenters. The lowest BCUT2D eigenvalue weighted by atomic mass is 10.1. The Kier molecular flexibility index (Phi) is 13.5. The average molecular weight is 511 g/mol. The number of aliphatic carboxylic acids is 1. The third kappa shape index (κ3) is 14.0. The lowest BCUT2D eigenvalue weighted by Crippen LogP contribution is -2.52. The number of aliphatic hydroxyl groups is 1. The predicted molar refractivity (Wildman–Crippen MR) is 126 cm³/mol. The van der Waals surface area contributed by atoms with Gasteiger partial charge in [0.1, 0.15) is 5.75 Å². The molecule has 0 heterocycles. The van der Waals surface area contributed by atoms with Gasteiger partial charge in [-0.05, 0) is 37.1 Å². The van der Waals surface area contributed by atoms with E-state index in [2.05, 4.69) is 0 Å². The Hall–Kier alpha value is -1.19. The minimum Gasteiger partial charge on any atom is -0.494 e. The van der Waals surface area contributed by atoms with Crippen LogP contribution in [0.4, 0.5) is 0 Å². The zero-order chi connectivity index (χ0) is 24.9. The number of carboxylic acid groups (broad SMARTS) is 1. The molecule has 190 valence electrons. The lowest BCUT2D eigenvalue weighted by molar-refractivity contribution is -0.922. The minimum absolute atomic E-state index is 0.0168. The van der Waals surface area contributed by atoms with Crippen molar-refractivity contribution in [2.45, 2.75) is 63.7 Å². The van der Waals surface area contributed by atoms with Crippen LogP contribution < -0.4 is 4.74 Å². The second-order valence-electron chi connectivity index (χ2n) is 8.85. The standard InChI is InChI=1S/C22H37ClNO8P/c1-24(2,3)22(27)20(17-21(25)26)32-33(28,29)31-16-10-8-6-4-5-7-9-15-30-19-13-11-18(23)12-14-19/h11-14,20,22,27H,4-10,15-17H2,1-3H3,(H-,25,26,28,29)/p+1/t20-,22?/m1/s1. The normalized spacial score (nSPS) is 15.6. The molecular formula is C22H38ClNO8P+. The number of unbranched alkanes of at least 4 members (excludes halogenated alkanes) is 6. The summed E-state index contributed by atoms with van der Waals surface area (Å²) < 4.78 is 27.7. The molecule has 1 rings (SSSR count). The maximum atomic E-state index is 12.2. The van der Waals surface area contributed by atoms with Crippen LogP contribution in [-0.2, 0) is 18.4 Å². The fourth-order valence-electron chi connectivity index (χ4n) is 3.06. The van der Waals surface area contributed by atoms with Crippen LogP contribution in [0.3, 0.4) is 0 Å². The molecule has 0 bridgehead atoms. The van der Waals surface area contributed by atoms with Gasteiger partial charge in [0.15, 0.2) is 6.10 Å². The molecule has 3 N–H and O–H groups in total. The van der Waals surface area contributed by atoms with Crippen LogP contribution in [0.1, 0.15) is 51.4 Å². The second kappa shape index (κ2) is 14.9. The van der Waals surface area contributed by atoms with Gasteiger partial charge in [-0.3, -0.25) is 13.8 Å². The molecule has 0 aliphatic rings. The van der Waals surface area contributed by atoms with Crippen LogP contribution in [0, 0.1) is 0 Å². The van der Waals surface area contributed by atoms with E-state index in [0.29, 0.717) is 18.1 Å². The van der Waals surface area contributed by atoms with Crippen molar-refractivity contribution in [2.75, 3.05) is 34.4 Å². The van der Waals surface area contributed by atoms with Gasteiger partial charge in [-0.25, -0.2) is 4.57 Å². The highest BCUT2D eigenvalue weighted by Crippen LogP contribution is 2.46. The van der Waals surface area contributed by atoms with Crippen LogP contribution in [0.25, 0.3) is 0 Å². The highest BCUT2D eigenvalue weighted by molar-refractivity contribution is 7.47. The number of hydrogen-bond donors (Lipinski definition) is 3. The lowest BCUT2D eigenvalue weighted by Gasteiger charge is -2.34. The van der Waals surface area contributed by atoms with E-state index in [0.717, 1.165) is 44.3 Å². The highest BCUT2D eigenvalue weighted by Gasteiger charge is 2.39. The van der Waals surface area contributed by atoms with E-state index in [1.165, 1.54) is 0 Å². The molecule has 0 aliphatic carbocycles. The van der Waals surface area contributed by atoms with Gasteiger partial charge in [0.25, 0.3) is 0 Å². The third-order valence-electron chi connectivity index (χ3n) is 4.90. The molecule has 9 nitrogen and oxygen atoms in total. The summed E-state index contributed by atoms with van der Waals surface area (Å²) >= 11 is 5.84. The summed E-state index contributed by atoms with van der Waals surface area (Å²) in [5, 5.41) is 19.9. The van der Waals surface area contributed by atoms with Crippen LogP contribution >= 0.6 is 19.4 Å². The average Bonchev–Trinajstić information content (AvgIpc) is 2.71. The Balaban J connectivity index is 2.14. The number of carboxylic acids is 1. The van der Waals surface area contributed by atoms with Crippen molar-refractivity contribution >= 4 is 25.4 Å². The zero-order valence-electron chi connectivity index (χ0n) is 19.7. The number of aliphatic hydroxyl groups excluding tert-OH is 1. The van der Waals surface area contributed by atoms with Crippen molar-refractivity contribution in [3.8, 4) is 5.75 Å². The predicted octanol–water partition coefficient (Wildman–Crippen LogP) is 4.45. The first-order valence-corrected chi connectivity index (χ1v) is 13.0. The summed E-state index contributed by atoms with van der Waals surface area (Å²) in [6, 6.07) is 7.29. The van der Waals surface area contributed by atoms with Gasteiger partial charge >= 0.3 is 13.8 Å². The topological polar surface area (TPSA) is 123 Å². The monoisotopic (exact) mass is 510 g/mol. The fourth-order valence-corrected chi connectivity index (χ4v) is 4.13. The Labute approximate surface area is 201 Å². The molecule has 0 aliphatic heterocycles. The van der Waals surface area contributed by atoms with Gasteiger partial charge in [-0.1, -0.05) is 43.7 Å². The molecule has 2 unspecified atom stereocenters. The number of carbonyl (C=O) groups is 1. The second-order valence-corrected chi connectivity index (χ2v) is 10.7. The number of nitrogens with zero attached hydrogens (tertiary/aromatic N) is 1. The van der Waals surface area contributed by atoms with Crippen molar-refractivity contribution in [3.63, 3.8) is 0 Å². The third-order valence-corrected chi connectivity index (χ3v) is 6.19. The smallest absolute Gasteiger partial charge is 0.472 e. The number of hydrogen-bond acceptors (Lipinski definition) is 6. The van der Waals surface area contributed by atoms with Crippen LogP contribution in [0.15, 0.2) is 24.3 Å². The number of likely N-dealkylation sites (N-methyl/N-ethyl adjacent to an activating group) is 1. The first-order valence-electron chi connectivity index (χ1n) is 11.2. The number of ether oxygens (including phenoxy) is 1. The van der Waals surface area contributed by atoms with Gasteiger partial charge in [0.2, 0.25) is 6.23 Å². The van der Waals surface area contributed by atoms with Gasteiger partial charge in [0, 0.05) is 5.02 Å². The number of phosphoric acid groups is 1. The Bertz CT molecular complexity index is 741. The largest absolute Gasteiger partial charge is 0.494 e. The first kappa shape index (κ1) is 29.8. The van der Waals surface area contributed by atoms with E-state index in [4.69, 9.17) is 30.5 Å². The van der Waals surface area contributed by atoms with Gasteiger partial charge in [-0.2, -0.15) is 0 Å². The number of benzene rings is 1. The van der Waals surface area contributed by atoms with E-state index in [9.17, 15) is 19.4 Å². The maximum Gasteiger partial charge on any atom is 0.472 e. The highest BCUT2D eigenvalue weighted by atomic mass is 35.5. The van der Waals surface area contributed by atoms with Crippen LogP contribution in [0.5, 0.6) is 5.75 Å². The van der Waals surface area contributed by atoms with E-state index in [1.54, 1.807) is 33.3 Å². The van der Waals surface area contributed by atoms with Gasteiger partial charge < -0.3 is 24.3 Å². The van der Waals surface area contributed by atoms with Crippen molar-refractivity contribution in [1.29, 1.82) is 0 Å². The van der Waals surface area contributed by atoms with Gasteiger partial charge in [-0.15, -0.1) is 0 Å². The quantitative estimate of drug-likeness (QED) is 0.114. The molecule has 0 amide bonds. The summed E-state index contributed by atoms with van der Waals surface area (Å²) in [4.78, 5) is 20.9.